The van der Waals surface area contributed by atoms with E-state index < -0.39 is 17.8 Å². The monoisotopic (exact) mass is 494 g/mol. The lowest BCUT2D eigenvalue weighted by molar-refractivity contribution is -0.113. The summed E-state index contributed by atoms with van der Waals surface area (Å²) in [5.74, 6) is -1.66. The van der Waals surface area contributed by atoms with Gasteiger partial charge < -0.3 is 14.8 Å². The van der Waals surface area contributed by atoms with Gasteiger partial charge in [0.15, 0.2) is 5.16 Å². The Hall–Kier alpha value is -2.89. The molecule has 0 saturated heterocycles. The number of halogens is 1. The van der Waals surface area contributed by atoms with E-state index in [2.05, 4.69) is 15.5 Å². The molecule has 12 heteroatoms. The van der Waals surface area contributed by atoms with Crippen molar-refractivity contribution >= 4 is 57.5 Å². The molecule has 2 heterocycles. The number of methoxy groups -OCH3 is 2. The van der Waals surface area contributed by atoms with Crippen molar-refractivity contribution in [2.24, 2.45) is 0 Å². The first-order valence-corrected chi connectivity index (χ1v) is 11.3. The van der Waals surface area contributed by atoms with Crippen LogP contribution in [0.1, 0.15) is 31.2 Å². The summed E-state index contributed by atoms with van der Waals surface area (Å²) in [7, 11) is 2.47. The Morgan fingerprint density at radius 2 is 1.91 bits per heavy atom. The number of anilines is 1. The first-order valence-electron chi connectivity index (χ1n) is 9.16. The van der Waals surface area contributed by atoms with Crippen molar-refractivity contribution in [1.29, 1.82) is 0 Å². The molecule has 3 aromatic rings. The molecule has 0 aliphatic heterocycles. The third-order valence-corrected chi connectivity index (χ3v) is 6.98. The van der Waals surface area contributed by atoms with Gasteiger partial charge in [-0.1, -0.05) is 29.4 Å². The minimum Gasteiger partial charge on any atom is -0.465 e. The second-order valence-electron chi connectivity index (χ2n) is 6.50. The van der Waals surface area contributed by atoms with Crippen LogP contribution in [0.4, 0.5) is 5.00 Å². The van der Waals surface area contributed by atoms with Gasteiger partial charge in [0.1, 0.15) is 16.2 Å². The number of aromatic nitrogens is 3. The van der Waals surface area contributed by atoms with Crippen molar-refractivity contribution in [3.05, 3.63) is 51.1 Å². The second-order valence-corrected chi connectivity index (χ2v) is 8.87. The maximum atomic E-state index is 12.6. The molecule has 0 radical (unpaired) electrons. The quantitative estimate of drug-likeness (QED) is 0.388. The van der Waals surface area contributed by atoms with E-state index in [1.807, 2.05) is 19.1 Å². The number of carbonyl (C=O) groups excluding carboxylic acids is 3. The topological polar surface area (TPSA) is 112 Å². The lowest BCUT2D eigenvalue weighted by Gasteiger charge is -2.08. The van der Waals surface area contributed by atoms with E-state index in [9.17, 15) is 14.4 Å². The van der Waals surface area contributed by atoms with Gasteiger partial charge in [-0.05, 0) is 37.1 Å². The van der Waals surface area contributed by atoms with Gasteiger partial charge in [-0.25, -0.2) is 9.59 Å². The molecule has 0 atom stereocenters. The zero-order valence-electron chi connectivity index (χ0n) is 17.6. The average Bonchev–Trinajstić information content (AvgIpc) is 3.37. The highest BCUT2D eigenvalue weighted by Crippen LogP contribution is 2.34. The largest absolute Gasteiger partial charge is 0.465 e. The van der Waals surface area contributed by atoms with E-state index in [0.29, 0.717) is 15.7 Å². The third kappa shape index (κ3) is 4.95. The van der Waals surface area contributed by atoms with Crippen molar-refractivity contribution < 1.29 is 23.9 Å². The number of esters is 2. The standard InChI is InChI=1S/C20H19ClN4O5S2/c1-10-5-6-12(7-13(10)21)25-9-22-24-20(25)31-8-14(26)23-17-15(18(27)29-3)11(2)16(32-17)19(28)30-4/h5-7,9H,8H2,1-4H3,(H,23,26). The number of hydrogen-bond donors (Lipinski definition) is 1. The number of aryl methyl sites for hydroxylation is 1. The predicted octanol–water partition coefficient (Wildman–Crippen LogP) is 3.90. The number of thiophene rings is 1. The van der Waals surface area contributed by atoms with Gasteiger partial charge in [-0.2, -0.15) is 0 Å². The van der Waals surface area contributed by atoms with Gasteiger partial charge in [-0.15, -0.1) is 21.5 Å². The Morgan fingerprint density at radius 1 is 1.19 bits per heavy atom. The summed E-state index contributed by atoms with van der Waals surface area (Å²) < 4.78 is 11.3. The molecule has 1 aromatic carbocycles. The van der Waals surface area contributed by atoms with Crippen LogP contribution in [0, 0.1) is 13.8 Å². The highest BCUT2D eigenvalue weighted by Gasteiger charge is 2.26. The average molecular weight is 495 g/mol. The maximum Gasteiger partial charge on any atom is 0.348 e. The zero-order chi connectivity index (χ0) is 23.4. The molecule has 32 heavy (non-hydrogen) atoms. The van der Waals surface area contributed by atoms with Crippen molar-refractivity contribution in [2.75, 3.05) is 25.3 Å². The van der Waals surface area contributed by atoms with Gasteiger partial charge >= 0.3 is 11.9 Å². The highest BCUT2D eigenvalue weighted by molar-refractivity contribution is 7.99. The summed E-state index contributed by atoms with van der Waals surface area (Å²) in [4.78, 5) is 37.0. The lowest BCUT2D eigenvalue weighted by Crippen LogP contribution is -2.16. The smallest absolute Gasteiger partial charge is 0.348 e. The molecule has 0 unspecified atom stereocenters. The molecule has 0 saturated carbocycles. The number of rotatable bonds is 7. The van der Waals surface area contributed by atoms with Crippen molar-refractivity contribution in [2.45, 2.75) is 19.0 Å². The fourth-order valence-electron chi connectivity index (χ4n) is 2.76. The summed E-state index contributed by atoms with van der Waals surface area (Å²) in [5, 5.41) is 12.0. The Labute approximate surface area is 197 Å². The van der Waals surface area contributed by atoms with Gasteiger partial charge in [0, 0.05) is 5.02 Å². The summed E-state index contributed by atoms with van der Waals surface area (Å²) in [5.41, 5.74) is 2.20. The normalized spacial score (nSPS) is 10.7. The van der Waals surface area contributed by atoms with Crippen LogP contribution in [-0.2, 0) is 14.3 Å². The van der Waals surface area contributed by atoms with E-state index in [0.717, 1.165) is 34.3 Å². The summed E-state index contributed by atoms with van der Waals surface area (Å²) in [6, 6.07) is 5.54. The van der Waals surface area contributed by atoms with Crippen molar-refractivity contribution in [1.82, 2.24) is 14.8 Å². The third-order valence-electron chi connectivity index (χ3n) is 4.44. The fraction of sp³-hybridized carbons (Fsp3) is 0.250. The molecule has 0 aliphatic rings. The van der Waals surface area contributed by atoms with Gasteiger partial charge in [0.05, 0.1) is 31.2 Å². The van der Waals surface area contributed by atoms with E-state index in [-0.39, 0.29) is 21.2 Å². The number of nitrogens with one attached hydrogen (secondary N) is 1. The van der Waals surface area contributed by atoms with Crippen LogP contribution >= 0.6 is 34.7 Å². The Balaban J connectivity index is 1.76. The van der Waals surface area contributed by atoms with E-state index >= 15 is 0 Å². The number of benzene rings is 1. The molecule has 1 amide bonds. The van der Waals surface area contributed by atoms with Crippen LogP contribution in [-0.4, -0.2) is 52.6 Å². The number of carbonyl (C=O) groups is 3. The predicted molar refractivity (Wildman–Crippen MR) is 122 cm³/mol. The van der Waals surface area contributed by atoms with Gasteiger partial charge in [-0.3, -0.25) is 9.36 Å². The summed E-state index contributed by atoms with van der Waals surface area (Å²) >= 11 is 8.32. The van der Waals surface area contributed by atoms with Crippen LogP contribution in [0.3, 0.4) is 0 Å². The van der Waals surface area contributed by atoms with Crippen LogP contribution in [0.5, 0.6) is 0 Å². The minimum atomic E-state index is -0.659. The van der Waals surface area contributed by atoms with Gasteiger partial charge in [0.25, 0.3) is 0 Å². The fourth-order valence-corrected chi connectivity index (χ4v) is 4.79. The first kappa shape index (κ1) is 23.8. The summed E-state index contributed by atoms with van der Waals surface area (Å²) in [6.07, 6.45) is 1.53. The van der Waals surface area contributed by atoms with E-state index in [1.165, 1.54) is 20.5 Å². The molecule has 2 aromatic heterocycles. The van der Waals surface area contributed by atoms with E-state index in [4.69, 9.17) is 21.1 Å². The molecule has 0 fully saturated rings. The van der Waals surface area contributed by atoms with Crippen LogP contribution in [0.25, 0.3) is 5.69 Å². The molecule has 9 nitrogen and oxygen atoms in total. The first-order chi connectivity index (χ1) is 15.3. The Kier molecular flexibility index (Phi) is 7.54. The number of ether oxygens (including phenoxy) is 2. The van der Waals surface area contributed by atoms with Crippen molar-refractivity contribution in [3.8, 4) is 5.69 Å². The summed E-state index contributed by atoms with van der Waals surface area (Å²) in [6.45, 7) is 3.49. The lowest BCUT2D eigenvalue weighted by atomic mass is 10.1. The van der Waals surface area contributed by atoms with Crippen LogP contribution < -0.4 is 5.32 Å². The molecule has 0 aliphatic carbocycles. The van der Waals surface area contributed by atoms with E-state index in [1.54, 1.807) is 17.6 Å². The van der Waals surface area contributed by atoms with Crippen molar-refractivity contribution in [3.63, 3.8) is 0 Å². The number of hydrogen-bond acceptors (Lipinski definition) is 9. The molecular formula is C20H19ClN4O5S2. The molecular weight excluding hydrogens is 476 g/mol. The SMILES string of the molecule is COC(=O)c1sc(NC(=O)CSc2nncn2-c2ccc(C)c(Cl)c2)c(C(=O)OC)c1C. The molecule has 0 spiro atoms. The second kappa shape index (κ2) is 10.2. The van der Waals surface area contributed by atoms with Gasteiger partial charge in [0.2, 0.25) is 5.91 Å². The zero-order valence-corrected chi connectivity index (χ0v) is 20.0. The molecule has 168 valence electrons. The molecule has 1 N–H and O–H groups in total. The Bertz CT molecular complexity index is 1190. The maximum absolute atomic E-state index is 12.6. The van der Waals surface area contributed by atoms with Crippen LogP contribution in [0.2, 0.25) is 5.02 Å². The van der Waals surface area contributed by atoms with Crippen LogP contribution in [0.15, 0.2) is 29.7 Å². The number of nitrogens with zero attached hydrogens (tertiary/aromatic N) is 3. The Morgan fingerprint density at radius 3 is 2.56 bits per heavy atom. The molecule has 3 rings (SSSR count). The number of thioether (sulfide) groups is 1. The molecule has 0 bridgehead atoms. The minimum absolute atomic E-state index is 0.0105. The number of amides is 1. The highest BCUT2D eigenvalue weighted by atomic mass is 35.5.